The van der Waals surface area contributed by atoms with E-state index in [9.17, 15) is 9.18 Å². The number of aliphatic carboxylic acids is 1. The summed E-state index contributed by atoms with van der Waals surface area (Å²) in [7, 11) is 0. The molecule has 1 fully saturated rings. The highest BCUT2D eigenvalue weighted by atomic mass is 19.1. The summed E-state index contributed by atoms with van der Waals surface area (Å²) in [5, 5.41) is 8.34. The second-order valence-electron chi connectivity index (χ2n) is 3.55. The number of rotatable bonds is 3. The normalized spacial score (nSPS) is 22.1. The van der Waals surface area contributed by atoms with Crippen LogP contribution in [-0.2, 0) is 4.79 Å². The second-order valence-corrected chi connectivity index (χ2v) is 3.55. The molecule has 3 heteroatoms. The Hall–Kier alpha value is -0.600. The number of alkyl halides is 1. The van der Waals surface area contributed by atoms with Gasteiger partial charge < -0.3 is 5.11 Å². The minimum atomic E-state index is -1.65. The number of hydrogen-bond acceptors (Lipinski definition) is 1. The number of halogens is 1. The number of carboxylic acids is 1. The van der Waals surface area contributed by atoms with Crippen LogP contribution in [0.5, 0.6) is 0 Å². The molecule has 70 valence electrons. The molecule has 0 radical (unpaired) electrons. The summed E-state index contributed by atoms with van der Waals surface area (Å²) in [6.07, 6.45) is 4.08. The van der Waals surface area contributed by atoms with E-state index >= 15 is 0 Å². The van der Waals surface area contributed by atoms with E-state index in [2.05, 4.69) is 0 Å². The van der Waals surface area contributed by atoms with Gasteiger partial charge in [-0.1, -0.05) is 32.1 Å². The summed E-state index contributed by atoms with van der Waals surface area (Å²) < 4.78 is 12.7. The van der Waals surface area contributed by atoms with Crippen LogP contribution in [0.3, 0.4) is 0 Å². The van der Waals surface area contributed by atoms with Crippen molar-refractivity contribution in [3.63, 3.8) is 0 Å². The van der Waals surface area contributed by atoms with Gasteiger partial charge >= 0.3 is 5.97 Å². The van der Waals surface area contributed by atoms with Gasteiger partial charge in [0.1, 0.15) is 0 Å². The fourth-order valence-electron chi connectivity index (χ4n) is 1.82. The lowest BCUT2D eigenvalue weighted by molar-refractivity contribution is -0.143. The first-order valence-electron chi connectivity index (χ1n) is 4.57. The smallest absolute Gasteiger partial charge is 0.338 e. The van der Waals surface area contributed by atoms with E-state index < -0.39 is 12.1 Å². The largest absolute Gasteiger partial charge is 0.479 e. The van der Waals surface area contributed by atoms with Crippen LogP contribution in [0.2, 0.25) is 0 Å². The van der Waals surface area contributed by atoms with Crippen LogP contribution in [0.1, 0.15) is 38.5 Å². The predicted octanol–water partition coefficient (Wildman–Crippen LogP) is 2.38. The van der Waals surface area contributed by atoms with Gasteiger partial charge in [0, 0.05) is 0 Å². The van der Waals surface area contributed by atoms with Crippen molar-refractivity contribution >= 4 is 5.97 Å². The van der Waals surface area contributed by atoms with Crippen molar-refractivity contribution in [2.45, 2.75) is 44.7 Å². The van der Waals surface area contributed by atoms with Crippen molar-refractivity contribution in [3.8, 4) is 0 Å². The monoisotopic (exact) mass is 174 g/mol. The molecule has 0 amide bonds. The molecule has 1 atom stereocenters. The molecule has 1 saturated carbocycles. The first-order chi connectivity index (χ1) is 5.70. The van der Waals surface area contributed by atoms with Gasteiger partial charge in [-0.25, -0.2) is 9.18 Å². The van der Waals surface area contributed by atoms with Crippen LogP contribution in [0, 0.1) is 5.92 Å². The third-order valence-corrected chi connectivity index (χ3v) is 2.53. The van der Waals surface area contributed by atoms with Crippen molar-refractivity contribution in [2.24, 2.45) is 5.92 Å². The van der Waals surface area contributed by atoms with Gasteiger partial charge in [-0.3, -0.25) is 0 Å². The molecule has 0 saturated heterocycles. The first kappa shape index (κ1) is 9.49. The third kappa shape index (κ3) is 2.80. The van der Waals surface area contributed by atoms with Crippen LogP contribution in [-0.4, -0.2) is 17.2 Å². The van der Waals surface area contributed by atoms with Crippen molar-refractivity contribution in [3.05, 3.63) is 0 Å². The Kier molecular flexibility index (Phi) is 3.50. The van der Waals surface area contributed by atoms with Crippen molar-refractivity contribution in [2.75, 3.05) is 0 Å². The Labute approximate surface area is 71.8 Å². The second kappa shape index (κ2) is 4.43. The molecule has 0 aromatic heterocycles. The summed E-state index contributed by atoms with van der Waals surface area (Å²) in [5.74, 6) is -0.995. The van der Waals surface area contributed by atoms with Crippen LogP contribution >= 0.6 is 0 Å². The fourth-order valence-corrected chi connectivity index (χ4v) is 1.82. The van der Waals surface area contributed by atoms with Gasteiger partial charge in [0.2, 0.25) is 0 Å². The van der Waals surface area contributed by atoms with Gasteiger partial charge in [-0.2, -0.15) is 0 Å². The van der Waals surface area contributed by atoms with Gasteiger partial charge in [0.15, 0.2) is 6.17 Å². The number of carboxylic acid groups (broad SMARTS) is 1. The molecule has 0 unspecified atom stereocenters. The van der Waals surface area contributed by atoms with E-state index in [1.807, 2.05) is 0 Å². The lowest BCUT2D eigenvalue weighted by Gasteiger charge is -2.21. The molecule has 1 aliphatic rings. The van der Waals surface area contributed by atoms with E-state index in [0.29, 0.717) is 5.92 Å². The zero-order valence-electron chi connectivity index (χ0n) is 7.13. The van der Waals surface area contributed by atoms with Crippen LogP contribution < -0.4 is 0 Å². The standard InChI is InChI=1S/C9H15FO2/c10-8(9(11)12)6-7-4-2-1-3-5-7/h7-8H,1-6H2,(H,11,12)/t8-/m1/s1. The van der Waals surface area contributed by atoms with Gasteiger partial charge in [-0.05, 0) is 12.3 Å². The highest BCUT2D eigenvalue weighted by Crippen LogP contribution is 2.27. The summed E-state index contributed by atoms with van der Waals surface area (Å²) >= 11 is 0. The molecule has 12 heavy (non-hydrogen) atoms. The molecule has 0 heterocycles. The first-order valence-corrected chi connectivity index (χ1v) is 4.57. The summed E-state index contributed by atoms with van der Waals surface area (Å²) in [4.78, 5) is 10.2. The molecule has 0 spiro atoms. The molecule has 0 aromatic rings. The van der Waals surface area contributed by atoms with Crippen LogP contribution in [0.4, 0.5) is 4.39 Å². The van der Waals surface area contributed by atoms with Crippen molar-refractivity contribution in [1.82, 2.24) is 0 Å². The van der Waals surface area contributed by atoms with E-state index in [-0.39, 0.29) is 6.42 Å². The van der Waals surface area contributed by atoms with Crippen LogP contribution in [0.25, 0.3) is 0 Å². The maximum Gasteiger partial charge on any atom is 0.338 e. The Morgan fingerprint density at radius 3 is 2.50 bits per heavy atom. The fraction of sp³-hybridized carbons (Fsp3) is 0.889. The van der Waals surface area contributed by atoms with Crippen molar-refractivity contribution in [1.29, 1.82) is 0 Å². The van der Waals surface area contributed by atoms with Gasteiger partial charge in [0.25, 0.3) is 0 Å². The van der Waals surface area contributed by atoms with Gasteiger partial charge in [0.05, 0.1) is 0 Å². The molecule has 1 N–H and O–H groups in total. The van der Waals surface area contributed by atoms with E-state index in [0.717, 1.165) is 25.7 Å². The van der Waals surface area contributed by atoms with Crippen LogP contribution in [0.15, 0.2) is 0 Å². The lowest BCUT2D eigenvalue weighted by atomic mass is 9.86. The summed E-state index contributed by atoms with van der Waals surface area (Å²) in [5.41, 5.74) is 0. The minimum Gasteiger partial charge on any atom is -0.479 e. The van der Waals surface area contributed by atoms with Gasteiger partial charge in [-0.15, -0.1) is 0 Å². The average molecular weight is 174 g/mol. The zero-order chi connectivity index (χ0) is 8.97. The molecule has 0 aromatic carbocycles. The topological polar surface area (TPSA) is 37.3 Å². The molecular weight excluding hydrogens is 159 g/mol. The average Bonchev–Trinajstić information content (AvgIpc) is 2.06. The zero-order valence-corrected chi connectivity index (χ0v) is 7.13. The number of carbonyl (C=O) groups is 1. The molecule has 0 bridgehead atoms. The van der Waals surface area contributed by atoms with E-state index in [4.69, 9.17) is 5.11 Å². The summed E-state index contributed by atoms with van der Waals surface area (Å²) in [6.45, 7) is 0. The quantitative estimate of drug-likeness (QED) is 0.713. The molecule has 2 nitrogen and oxygen atoms in total. The molecule has 1 aliphatic carbocycles. The van der Waals surface area contributed by atoms with E-state index in [1.54, 1.807) is 0 Å². The Morgan fingerprint density at radius 2 is 2.00 bits per heavy atom. The van der Waals surface area contributed by atoms with Crippen molar-refractivity contribution < 1.29 is 14.3 Å². The Bertz CT molecular complexity index is 153. The molecule has 0 aliphatic heterocycles. The molecule has 1 rings (SSSR count). The lowest BCUT2D eigenvalue weighted by Crippen LogP contribution is -2.20. The third-order valence-electron chi connectivity index (χ3n) is 2.53. The maximum absolute atomic E-state index is 12.7. The Morgan fingerprint density at radius 1 is 1.42 bits per heavy atom. The minimum absolute atomic E-state index is 0.218. The maximum atomic E-state index is 12.7. The Balaban J connectivity index is 2.24. The highest BCUT2D eigenvalue weighted by molar-refractivity contribution is 5.71. The molecular formula is C9H15FO2. The SMILES string of the molecule is O=C(O)[C@H](F)CC1CCCCC1. The van der Waals surface area contributed by atoms with E-state index in [1.165, 1.54) is 6.42 Å². The number of hydrogen-bond donors (Lipinski definition) is 1. The highest BCUT2D eigenvalue weighted by Gasteiger charge is 2.22. The predicted molar refractivity (Wildman–Crippen MR) is 43.7 cm³/mol. The summed E-state index contributed by atoms with van der Waals surface area (Å²) in [6, 6.07) is 0.